The highest BCUT2D eigenvalue weighted by Crippen LogP contribution is 2.39. The maximum absolute atomic E-state index is 12.6. The lowest BCUT2D eigenvalue weighted by molar-refractivity contribution is -0.384. The van der Waals surface area contributed by atoms with Crippen molar-refractivity contribution < 1.29 is 19.2 Å². The van der Waals surface area contributed by atoms with Crippen molar-refractivity contribution in [2.75, 3.05) is 7.11 Å². The van der Waals surface area contributed by atoms with E-state index >= 15 is 0 Å². The van der Waals surface area contributed by atoms with Crippen LogP contribution in [0.3, 0.4) is 0 Å². The maximum atomic E-state index is 12.6. The number of carbonyl (C=O) groups excluding carboxylic acids is 1. The van der Waals surface area contributed by atoms with E-state index in [4.69, 9.17) is 21.1 Å². The molecule has 0 unspecified atom stereocenters. The zero-order valence-corrected chi connectivity index (χ0v) is 23.2. The summed E-state index contributed by atoms with van der Waals surface area (Å²) in [7, 11) is 1.49. The summed E-state index contributed by atoms with van der Waals surface area (Å²) in [6.45, 7) is 4.12. The summed E-state index contributed by atoms with van der Waals surface area (Å²) in [5, 5.41) is 14.4. The van der Waals surface area contributed by atoms with Gasteiger partial charge in [0.2, 0.25) is 0 Å². The van der Waals surface area contributed by atoms with Crippen LogP contribution in [0.15, 0.2) is 62.9 Å². The summed E-state index contributed by atoms with van der Waals surface area (Å²) in [5.74, 6) is 0.457. The Bertz CT molecular complexity index is 1430. The number of amides is 1. The molecule has 1 fully saturated rings. The minimum absolute atomic E-state index is 0.000781. The molecule has 0 atom stereocenters. The molecule has 3 aromatic carbocycles. The van der Waals surface area contributed by atoms with Crippen LogP contribution in [0.5, 0.6) is 11.5 Å². The largest absolute Gasteiger partial charge is 0.493 e. The van der Waals surface area contributed by atoms with Gasteiger partial charge in [-0.3, -0.25) is 14.9 Å². The fraction of sp³-hybridized carbons (Fsp3) is 0.154. The third-order valence-electron chi connectivity index (χ3n) is 5.38. The lowest BCUT2D eigenvalue weighted by Crippen LogP contribution is -2.19. The summed E-state index contributed by atoms with van der Waals surface area (Å²) >= 11 is 11.3. The molecule has 0 aliphatic carbocycles. The normalized spacial score (nSPS) is 15.2. The predicted octanol–water partition coefficient (Wildman–Crippen LogP) is 7.11. The second kappa shape index (κ2) is 11.4. The van der Waals surface area contributed by atoms with E-state index in [1.807, 2.05) is 26.0 Å². The number of carbonyl (C=O) groups is 1. The molecule has 1 heterocycles. The summed E-state index contributed by atoms with van der Waals surface area (Å²) in [6, 6.07) is 13.3. The standard InChI is InChI=1S/C26H21BrClN3O5S/c1-14-8-18(9-15(2)23(14)27)29-26-30-25(32)22(37-26)12-17-10-20(28)24(21(11-17)35-3)36-13-16-4-6-19(7-5-16)31(33)34/h4-12H,13H2,1-3H3,(H,29,30,32)/b22-12-. The van der Waals surface area contributed by atoms with Crippen LogP contribution in [0.25, 0.3) is 6.08 Å². The van der Waals surface area contributed by atoms with E-state index in [9.17, 15) is 14.9 Å². The van der Waals surface area contributed by atoms with Gasteiger partial charge in [0.15, 0.2) is 16.7 Å². The Labute approximate surface area is 231 Å². The molecule has 1 aliphatic rings. The highest BCUT2D eigenvalue weighted by molar-refractivity contribution is 9.10. The number of ether oxygens (including phenoxy) is 2. The third-order valence-corrected chi connectivity index (χ3v) is 7.82. The van der Waals surface area contributed by atoms with Crippen LogP contribution in [0.4, 0.5) is 11.4 Å². The molecule has 1 amide bonds. The molecule has 11 heteroatoms. The Balaban J connectivity index is 1.52. The van der Waals surface area contributed by atoms with Crippen molar-refractivity contribution in [1.29, 1.82) is 0 Å². The molecule has 0 bridgehead atoms. The van der Waals surface area contributed by atoms with Gasteiger partial charge in [-0.15, -0.1) is 0 Å². The fourth-order valence-corrected chi connectivity index (χ4v) is 4.91. The molecule has 1 N–H and O–H groups in total. The monoisotopic (exact) mass is 601 g/mol. The first-order valence-electron chi connectivity index (χ1n) is 10.9. The number of hydrogen-bond donors (Lipinski definition) is 1. The summed E-state index contributed by atoms with van der Waals surface area (Å²) in [4.78, 5) is 28.0. The number of nitro groups is 1. The minimum atomic E-state index is -0.460. The second-order valence-electron chi connectivity index (χ2n) is 8.12. The highest BCUT2D eigenvalue weighted by atomic mass is 79.9. The van der Waals surface area contributed by atoms with Gasteiger partial charge in [0.25, 0.3) is 11.6 Å². The molecule has 0 spiro atoms. The molecule has 0 aromatic heterocycles. The number of nitrogens with one attached hydrogen (secondary N) is 1. The molecule has 0 saturated carbocycles. The fourth-order valence-electron chi connectivity index (χ4n) is 3.57. The van der Waals surface area contributed by atoms with E-state index in [1.54, 1.807) is 30.3 Å². The van der Waals surface area contributed by atoms with Crippen LogP contribution < -0.4 is 14.8 Å². The maximum Gasteiger partial charge on any atom is 0.269 e. The van der Waals surface area contributed by atoms with Crippen molar-refractivity contribution in [2.45, 2.75) is 20.5 Å². The Morgan fingerprint density at radius 1 is 1.16 bits per heavy atom. The first kappa shape index (κ1) is 26.7. The van der Waals surface area contributed by atoms with E-state index in [1.165, 1.54) is 31.0 Å². The van der Waals surface area contributed by atoms with Gasteiger partial charge in [-0.1, -0.05) is 27.5 Å². The van der Waals surface area contributed by atoms with E-state index in [0.29, 0.717) is 32.2 Å². The Morgan fingerprint density at radius 2 is 1.84 bits per heavy atom. The second-order valence-corrected chi connectivity index (χ2v) is 10.4. The number of rotatable bonds is 7. The topological polar surface area (TPSA) is 103 Å². The zero-order chi connectivity index (χ0) is 26.7. The van der Waals surface area contributed by atoms with Gasteiger partial charge < -0.3 is 14.8 Å². The molecule has 190 valence electrons. The van der Waals surface area contributed by atoms with Crippen molar-refractivity contribution in [3.8, 4) is 11.5 Å². The van der Waals surface area contributed by atoms with E-state index in [2.05, 4.69) is 26.2 Å². The SMILES string of the molecule is COc1cc(/C=C2\SC(=Nc3cc(C)c(Br)c(C)c3)NC2=O)cc(Cl)c1OCc1ccc([N+](=O)[O-])cc1. The van der Waals surface area contributed by atoms with Crippen molar-refractivity contribution in [1.82, 2.24) is 5.32 Å². The molecule has 1 aliphatic heterocycles. The number of halogens is 2. The van der Waals surface area contributed by atoms with Crippen LogP contribution in [0.2, 0.25) is 5.02 Å². The van der Waals surface area contributed by atoms with Crippen molar-refractivity contribution >= 4 is 67.8 Å². The molecule has 0 radical (unpaired) electrons. The van der Waals surface area contributed by atoms with Crippen molar-refractivity contribution in [3.05, 3.63) is 95.3 Å². The minimum Gasteiger partial charge on any atom is -0.493 e. The molecule has 8 nitrogen and oxygen atoms in total. The number of methoxy groups -OCH3 is 1. The third kappa shape index (κ3) is 6.33. The molecule has 3 aromatic rings. The zero-order valence-electron chi connectivity index (χ0n) is 20.0. The molecule has 1 saturated heterocycles. The van der Waals surface area contributed by atoms with E-state index in [-0.39, 0.29) is 18.2 Å². The predicted molar refractivity (Wildman–Crippen MR) is 150 cm³/mol. The average molecular weight is 603 g/mol. The van der Waals surface area contributed by atoms with Crippen LogP contribution in [-0.2, 0) is 11.4 Å². The van der Waals surface area contributed by atoms with Crippen LogP contribution in [0, 0.1) is 24.0 Å². The van der Waals surface area contributed by atoms with Gasteiger partial charge in [-0.2, -0.15) is 0 Å². The Kier molecular flexibility index (Phi) is 8.21. The lowest BCUT2D eigenvalue weighted by atomic mass is 10.1. The van der Waals surface area contributed by atoms with Gasteiger partial charge in [-0.05, 0) is 90.3 Å². The van der Waals surface area contributed by atoms with Crippen molar-refractivity contribution in [3.63, 3.8) is 0 Å². The van der Waals surface area contributed by atoms with Crippen LogP contribution in [-0.4, -0.2) is 23.1 Å². The van der Waals surface area contributed by atoms with Gasteiger partial charge in [-0.25, -0.2) is 4.99 Å². The molecular weight excluding hydrogens is 582 g/mol. The number of non-ortho nitro benzene ring substituents is 1. The van der Waals surface area contributed by atoms with Gasteiger partial charge >= 0.3 is 0 Å². The summed E-state index contributed by atoms with van der Waals surface area (Å²) < 4.78 is 12.3. The number of hydrogen-bond acceptors (Lipinski definition) is 7. The molecule has 4 rings (SSSR count). The average Bonchev–Trinajstić information content (AvgIpc) is 3.19. The van der Waals surface area contributed by atoms with Crippen LogP contribution in [0.1, 0.15) is 22.3 Å². The van der Waals surface area contributed by atoms with Gasteiger partial charge in [0.05, 0.1) is 27.6 Å². The first-order chi connectivity index (χ1) is 17.6. The summed E-state index contributed by atoms with van der Waals surface area (Å²) in [5.41, 5.74) is 4.25. The Hall–Kier alpha value is -3.34. The lowest BCUT2D eigenvalue weighted by Gasteiger charge is -2.13. The van der Waals surface area contributed by atoms with Gasteiger partial charge in [0, 0.05) is 16.6 Å². The number of aliphatic imine (C=N–C) groups is 1. The highest BCUT2D eigenvalue weighted by Gasteiger charge is 2.24. The van der Waals surface area contributed by atoms with E-state index in [0.717, 1.165) is 26.9 Å². The summed E-state index contributed by atoms with van der Waals surface area (Å²) in [6.07, 6.45) is 1.70. The molecule has 37 heavy (non-hydrogen) atoms. The smallest absolute Gasteiger partial charge is 0.269 e. The van der Waals surface area contributed by atoms with Crippen LogP contribution >= 0.6 is 39.3 Å². The number of aryl methyl sites for hydroxylation is 2. The Morgan fingerprint density at radius 3 is 2.46 bits per heavy atom. The number of thioether (sulfide) groups is 1. The van der Waals surface area contributed by atoms with Gasteiger partial charge in [0.1, 0.15) is 6.61 Å². The first-order valence-corrected chi connectivity index (χ1v) is 12.9. The number of amidine groups is 1. The number of nitrogens with zero attached hydrogens (tertiary/aromatic N) is 2. The quantitative estimate of drug-likeness (QED) is 0.176. The number of nitro benzene ring substituents is 1. The van der Waals surface area contributed by atoms with Crippen molar-refractivity contribution in [2.24, 2.45) is 4.99 Å². The molecular formula is C26H21BrClN3O5S. The van der Waals surface area contributed by atoms with E-state index < -0.39 is 4.92 Å². The number of benzene rings is 3.